The maximum atomic E-state index is 6.11. The minimum atomic E-state index is -0.0106. The van der Waals surface area contributed by atoms with E-state index in [9.17, 15) is 0 Å². The molecule has 2 aromatic carbocycles. The maximum Gasteiger partial charge on any atom is 0.138 e. The summed E-state index contributed by atoms with van der Waals surface area (Å²) in [5, 5.41) is 4.54. The van der Waals surface area contributed by atoms with E-state index < -0.39 is 0 Å². The highest BCUT2D eigenvalue weighted by atomic mass is 35.5. The molecule has 2 nitrogen and oxygen atoms in total. The van der Waals surface area contributed by atoms with E-state index in [0.717, 1.165) is 5.69 Å². The van der Waals surface area contributed by atoms with Gasteiger partial charge in [0.25, 0.3) is 0 Å². The molecule has 0 aliphatic rings. The van der Waals surface area contributed by atoms with E-state index in [4.69, 9.17) is 27.9 Å². The molecule has 0 bridgehead atoms. The zero-order chi connectivity index (χ0) is 15.4. The predicted molar refractivity (Wildman–Crippen MR) is 91.0 cm³/mol. The number of aryl methyl sites for hydroxylation is 2. The van der Waals surface area contributed by atoms with Crippen LogP contribution in [0.2, 0.25) is 10.0 Å². The van der Waals surface area contributed by atoms with Crippen molar-refractivity contribution in [2.24, 2.45) is 0 Å². The Hall–Kier alpha value is -1.38. The largest absolute Gasteiger partial charge is 0.487 e. The van der Waals surface area contributed by atoms with Gasteiger partial charge in [-0.05, 0) is 56.2 Å². The Morgan fingerprint density at radius 3 is 2.57 bits per heavy atom. The summed E-state index contributed by atoms with van der Waals surface area (Å²) < 4.78 is 5.84. The minimum absolute atomic E-state index is 0.0106. The third-order valence-electron chi connectivity index (χ3n) is 3.20. The van der Waals surface area contributed by atoms with Crippen LogP contribution in [-0.2, 0) is 0 Å². The van der Waals surface area contributed by atoms with Gasteiger partial charge >= 0.3 is 0 Å². The first-order valence-corrected chi connectivity index (χ1v) is 7.64. The standard InChI is InChI=1S/C17H19Cl2NO/c1-11-4-5-12(2)16(8-11)20-10-13(3)21-17-7-6-14(18)9-15(17)19/h4-9,13,20H,10H2,1-3H3. The molecule has 0 saturated heterocycles. The first-order valence-electron chi connectivity index (χ1n) is 6.88. The number of rotatable bonds is 5. The molecule has 0 aromatic heterocycles. The molecule has 0 heterocycles. The fraction of sp³-hybridized carbons (Fsp3) is 0.294. The van der Waals surface area contributed by atoms with Crippen LogP contribution in [0.3, 0.4) is 0 Å². The first kappa shape index (κ1) is 16.0. The molecule has 1 N–H and O–H groups in total. The molecule has 112 valence electrons. The number of hydrogen-bond donors (Lipinski definition) is 1. The summed E-state index contributed by atoms with van der Waals surface area (Å²) in [6.07, 6.45) is -0.0106. The van der Waals surface area contributed by atoms with Crippen LogP contribution < -0.4 is 10.1 Å². The fourth-order valence-electron chi connectivity index (χ4n) is 2.01. The van der Waals surface area contributed by atoms with Crippen LogP contribution in [0.15, 0.2) is 36.4 Å². The van der Waals surface area contributed by atoms with Crippen molar-refractivity contribution in [2.45, 2.75) is 26.9 Å². The summed E-state index contributed by atoms with van der Waals surface area (Å²) in [5.41, 5.74) is 3.59. The van der Waals surface area contributed by atoms with Crippen LogP contribution in [0.4, 0.5) is 5.69 Å². The van der Waals surface area contributed by atoms with Gasteiger partial charge in [-0.2, -0.15) is 0 Å². The lowest BCUT2D eigenvalue weighted by atomic mass is 10.1. The molecule has 21 heavy (non-hydrogen) atoms. The number of halogens is 2. The lowest BCUT2D eigenvalue weighted by molar-refractivity contribution is 0.235. The van der Waals surface area contributed by atoms with E-state index in [0.29, 0.717) is 22.3 Å². The van der Waals surface area contributed by atoms with E-state index in [1.807, 2.05) is 6.92 Å². The average Bonchev–Trinajstić information content (AvgIpc) is 2.43. The zero-order valence-corrected chi connectivity index (χ0v) is 13.9. The zero-order valence-electron chi connectivity index (χ0n) is 12.4. The second-order valence-electron chi connectivity index (χ2n) is 5.20. The molecule has 0 fully saturated rings. The molecule has 2 rings (SSSR count). The Kier molecular flexibility index (Phi) is 5.38. The molecule has 0 amide bonds. The Morgan fingerprint density at radius 1 is 1.10 bits per heavy atom. The van der Waals surface area contributed by atoms with Crippen LogP contribution in [0.25, 0.3) is 0 Å². The highest BCUT2D eigenvalue weighted by Crippen LogP contribution is 2.28. The number of ether oxygens (including phenoxy) is 1. The van der Waals surface area contributed by atoms with Crippen LogP contribution in [-0.4, -0.2) is 12.6 Å². The molecule has 0 aliphatic heterocycles. The molecular weight excluding hydrogens is 305 g/mol. The number of benzene rings is 2. The summed E-state index contributed by atoms with van der Waals surface area (Å²) in [6.45, 7) is 6.87. The molecule has 0 saturated carbocycles. The molecular formula is C17H19Cl2NO. The van der Waals surface area contributed by atoms with E-state index in [-0.39, 0.29) is 6.10 Å². The monoisotopic (exact) mass is 323 g/mol. The molecule has 4 heteroatoms. The molecule has 0 radical (unpaired) electrons. The average molecular weight is 324 g/mol. The van der Waals surface area contributed by atoms with Crippen molar-refractivity contribution >= 4 is 28.9 Å². The highest BCUT2D eigenvalue weighted by molar-refractivity contribution is 6.35. The second-order valence-corrected chi connectivity index (χ2v) is 6.05. The van der Waals surface area contributed by atoms with Gasteiger partial charge in [0.05, 0.1) is 11.6 Å². The lowest BCUT2D eigenvalue weighted by Crippen LogP contribution is -2.23. The van der Waals surface area contributed by atoms with Gasteiger partial charge in [0.15, 0.2) is 0 Å². The maximum absolute atomic E-state index is 6.11. The predicted octanol–water partition coefficient (Wildman–Crippen LogP) is 5.49. The van der Waals surface area contributed by atoms with Gasteiger partial charge in [0.1, 0.15) is 11.9 Å². The fourth-order valence-corrected chi connectivity index (χ4v) is 2.46. The van der Waals surface area contributed by atoms with Gasteiger partial charge in [0, 0.05) is 10.7 Å². The highest BCUT2D eigenvalue weighted by Gasteiger charge is 2.08. The van der Waals surface area contributed by atoms with Crippen molar-refractivity contribution < 1.29 is 4.74 Å². The second kappa shape index (κ2) is 7.06. The van der Waals surface area contributed by atoms with Crippen molar-refractivity contribution in [1.82, 2.24) is 0 Å². The summed E-state index contributed by atoms with van der Waals surface area (Å²) in [4.78, 5) is 0. The van der Waals surface area contributed by atoms with Crippen molar-refractivity contribution in [3.8, 4) is 5.75 Å². The Bertz CT molecular complexity index is 628. The van der Waals surface area contributed by atoms with Gasteiger partial charge in [-0.1, -0.05) is 35.3 Å². The molecule has 0 aliphatic carbocycles. The summed E-state index contributed by atoms with van der Waals surface area (Å²) in [6, 6.07) is 11.6. The van der Waals surface area contributed by atoms with Gasteiger partial charge in [-0.15, -0.1) is 0 Å². The lowest BCUT2D eigenvalue weighted by Gasteiger charge is -2.18. The van der Waals surface area contributed by atoms with E-state index in [1.165, 1.54) is 11.1 Å². The van der Waals surface area contributed by atoms with Crippen LogP contribution >= 0.6 is 23.2 Å². The number of hydrogen-bond acceptors (Lipinski definition) is 2. The van der Waals surface area contributed by atoms with Gasteiger partial charge in [-0.3, -0.25) is 0 Å². The summed E-state index contributed by atoms with van der Waals surface area (Å²) in [7, 11) is 0. The number of nitrogens with one attached hydrogen (secondary N) is 1. The summed E-state index contributed by atoms with van der Waals surface area (Å²) >= 11 is 12.0. The van der Waals surface area contributed by atoms with Crippen molar-refractivity contribution in [3.05, 3.63) is 57.6 Å². The molecule has 2 aromatic rings. The van der Waals surface area contributed by atoms with E-state index in [1.54, 1.807) is 18.2 Å². The van der Waals surface area contributed by atoms with Gasteiger partial charge in [0.2, 0.25) is 0 Å². The quantitative estimate of drug-likeness (QED) is 0.785. The van der Waals surface area contributed by atoms with Crippen LogP contribution in [0, 0.1) is 13.8 Å². The van der Waals surface area contributed by atoms with Gasteiger partial charge < -0.3 is 10.1 Å². The smallest absolute Gasteiger partial charge is 0.138 e. The Labute approximate surface area is 136 Å². The third-order valence-corrected chi connectivity index (χ3v) is 3.73. The van der Waals surface area contributed by atoms with Crippen LogP contribution in [0.5, 0.6) is 5.75 Å². The number of anilines is 1. The van der Waals surface area contributed by atoms with E-state index >= 15 is 0 Å². The molecule has 1 atom stereocenters. The molecule has 0 spiro atoms. The van der Waals surface area contributed by atoms with Crippen molar-refractivity contribution in [3.63, 3.8) is 0 Å². The minimum Gasteiger partial charge on any atom is -0.487 e. The van der Waals surface area contributed by atoms with Crippen molar-refractivity contribution in [2.75, 3.05) is 11.9 Å². The van der Waals surface area contributed by atoms with Gasteiger partial charge in [-0.25, -0.2) is 0 Å². The molecule has 1 unspecified atom stereocenters. The summed E-state index contributed by atoms with van der Waals surface area (Å²) in [5.74, 6) is 0.649. The van der Waals surface area contributed by atoms with Crippen LogP contribution in [0.1, 0.15) is 18.1 Å². The normalized spacial score (nSPS) is 12.0. The topological polar surface area (TPSA) is 21.3 Å². The first-order chi connectivity index (χ1) is 9.95. The SMILES string of the molecule is Cc1ccc(C)c(NCC(C)Oc2ccc(Cl)cc2Cl)c1. The Balaban J connectivity index is 1.95. The third kappa shape index (κ3) is 4.55. The van der Waals surface area contributed by atoms with E-state index in [2.05, 4.69) is 37.4 Å². The Morgan fingerprint density at radius 2 is 1.86 bits per heavy atom. The van der Waals surface area contributed by atoms with Crippen molar-refractivity contribution in [1.29, 1.82) is 0 Å².